The molecule has 4 heterocycles. The maximum atomic E-state index is 12.9. The van der Waals surface area contributed by atoms with Crippen molar-refractivity contribution in [3.8, 4) is 11.4 Å². The normalized spacial score (nSPS) is 25.5. The van der Waals surface area contributed by atoms with E-state index >= 15 is 0 Å². The minimum atomic E-state index is -0.951. The molecule has 12 nitrogen and oxygen atoms in total. The Hall–Kier alpha value is -3.19. The van der Waals surface area contributed by atoms with E-state index in [-0.39, 0.29) is 30.2 Å². The van der Waals surface area contributed by atoms with Crippen molar-refractivity contribution in [1.29, 1.82) is 0 Å². The maximum absolute atomic E-state index is 12.9. The molecule has 0 bridgehead atoms. The molecule has 1 saturated carbocycles. The molecule has 2 aromatic rings. The number of piperidine rings is 1. The van der Waals surface area contributed by atoms with Gasteiger partial charge in [0.15, 0.2) is 0 Å². The number of benzene rings is 1. The number of piperazine rings is 1. The lowest BCUT2D eigenvalue weighted by Gasteiger charge is -2.37. The zero-order chi connectivity index (χ0) is 28.2. The van der Waals surface area contributed by atoms with Crippen LogP contribution in [0.25, 0.3) is 5.69 Å². The average Bonchev–Trinajstić information content (AvgIpc) is 3.41. The fourth-order valence-electron chi connectivity index (χ4n) is 6.44. The molecule has 0 radical (unpaired) electrons. The van der Waals surface area contributed by atoms with Crippen LogP contribution >= 0.6 is 12.4 Å². The Morgan fingerprint density at radius 3 is 2.41 bits per heavy atom. The fraction of sp³-hybridized carbons (Fsp3) is 0.571. The highest BCUT2D eigenvalue weighted by Gasteiger charge is 2.55. The van der Waals surface area contributed by atoms with Gasteiger partial charge in [0, 0.05) is 57.6 Å². The van der Waals surface area contributed by atoms with E-state index in [2.05, 4.69) is 15.2 Å². The van der Waals surface area contributed by atoms with E-state index in [0.29, 0.717) is 50.4 Å². The van der Waals surface area contributed by atoms with Crippen molar-refractivity contribution in [2.24, 2.45) is 29.2 Å². The lowest BCUT2D eigenvalue weighted by Crippen LogP contribution is -2.58. The Morgan fingerprint density at radius 2 is 1.78 bits per heavy atom. The Kier molecular flexibility index (Phi) is 8.03. The quantitative estimate of drug-likeness (QED) is 0.458. The number of carbonyl (C=O) groups is 2. The average molecular weight is 587 g/mol. The molecule has 3 unspecified atom stereocenters. The summed E-state index contributed by atoms with van der Waals surface area (Å²) in [4.78, 5) is 47.9. The van der Waals surface area contributed by atoms with Gasteiger partial charge in [0.05, 0.1) is 11.2 Å². The predicted octanol–water partition coefficient (Wildman–Crippen LogP) is 0.508. The zero-order valence-electron chi connectivity index (χ0n) is 23.5. The lowest BCUT2D eigenvalue weighted by molar-refractivity contribution is -0.137. The lowest BCUT2D eigenvalue weighted by atomic mass is 10.0. The third kappa shape index (κ3) is 5.78. The number of anilines is 1. The second kappa shape index (κ2) is 11.2. The number of carbonyl (C=O) groups excluding carboxylic acids is 2. The van der Waals surface area contributed by atoms with Crippen LogP contribution in [-0.2, 0) is 11.2 Å². The second-order valence-electron chi connectivity index (χ2n) is 12.0. The Labute approximate surface area is 245 Å². The van der Waals surface area contributed by atoms with Crippen molar-refractivity contribution >= 4 is 30.2 Å². The van der Waals surface area contributed by atoms with E-state index < -0.39 is 11.2 Å². The number of rotatable bonds is 5. The summed E-state index contributed by atoms with van der Waals surface area (Å²) in [6, 6.07) is 7.40. The number of halogens is 1. The number of fused-ring (bicyclic) bond motifs is 2. The van der Waals surface area contributed by atoms with Crippen LogP contribution in [-0.4, -0.2) is 100 Å². The van der Waals surface area contributed by atoms with Crippen molar-refractivity contribution in [1.82, 2.24) is 24.3 Å². The van der Waals surface area contributed by atoms with E-state index in [1.54, 1.807) is 35.9 Å². The van der Waals surface area contributed by atoms with Crippen molar-refractivity contribution in [3.63, 3.8) is 0 Å². The molecule has 13 heteroatoms. The van der Waals surface area contributed by atoms with Gasteiger partial charge in [-0.3, -0.25) is 19.6 Å². The van der Waals surface area contributed by atoms with Gasteiger partial charge in [-0.1, -0.05) is 6.07 Å². The topological polar surface area (TPSA) is 152 Å². The van der Waals surface area contributed by atoms with Crippen molar-refractivity contribution < 1.29 is 14.3 Å². The first-order valence-electron chi connectivity index (χ1n) is 14.1. The number of aromatic nitrogens is 2. The van der Waals surface area contributed by atoms with Crippen LogP contribution in [0.15, 0.2) is 35.3 Å². The predicted molar refractivity (Wildman–Crippen MR) is 157 cm³/mol. The number of nitrogens with two attached hydrogens (primary N) is 2. The van der Waals surface area contributed by atoms with Crippen LogP contribution < -0.4 is 27.2 Å². The molecule has 2 saturated heterocycles. The number of nitrogens with one attached hydrogen (secondary N) is 1. The molecule has 3 fully saturated rings. The first-order chi connectivity index (χ1) is 19.1. The Morgan fingerprint density at radius 1 is 1.10 bits per heavy atom. The van der Waals surface area contributed by atoms with Gasteiger partial charge >= 0.3 is 11.7 Å². The van der Waals surface area contributed by atoms with E-state index in [4.69, 9.17) is 16.2 Å². The summed E-state index contributed by atoms with van der Waals surface area (Å²) in [6.07, 6.45) is 2.52. The van der Waals surface area contributed by atoms with Crippen LogP contribution in [0, 0.1) is 17.8 Å². The number of amides is 3. The summed E-state index contributed by atoms with van der Waals surface area (Å²) in [5, 5.41) is 2.70. The van der Waals surface area contributed by atoms with E-state index in [1.807, 2.05) is 18.2 Å². The van der Waals surface area contributed by atoms with Crippen molar-refractivity contribution in [3.05, 3.63) is 46.5 Å². The van der Waals surface area contributed by atoms with Crippen LogP contribution in [0.2, 0.25) is 0 Å². The molecular formula is C28H39ClN8O4. The highest BCUT2D eigenvalue weighted by molar-refractivity contribution is 5.89. The Balaban J connectivity index is 0.00000337. The van der Waals surface area contributed by atoms with Crippen molar-refractivity contribution in [2.45, 2.75) is 31.8 Å². The number of hydrogen-bond acceptors (Lipinski definition) is 8. The molecule has 3 atom stereocenters. The maximum Gasteiger partial charge on any atom is 0.354 e. The summed E-state index contributed by atoms with van der Waals surface area (Å²) in [5.74, 6) is 3.04. The summed E-state index contributed by atoms with van der Waals surface area (Å²) >= 11 is 0. The Bertz CT molecular complexity index is 1360. The molecule has 5 N–H and O–H groups in total. The molecule has 3 amide bonds. The summed E-state index contributed by atoms with van der Waals surface area (Å²) in [5.41, 5.74) is 12.1. The number of hydrogen-bond donors (Lipinski definition) is 3. The highest BCUT2D eigenvalue weighted by atomic mass is 35.5. The van der Waals surface area contributed by atoms with Gasteiger partial charge in [-0.25, -0.2) is 9.59 Å². The first kappa shape index (κ1) is 29.3. The minimum absolute atomic E-state index is 0. The number of likely N-dealkylation sites (tertiary alicyclic amines) is 1. The molecule has 222 valence electrons. The van der Waals surface area contributed by atoms with E-state index in [1.165, 1.54) is 4.57 Å². The third-order valence-electron chi connectivity index (χ3n) is 8.85. The van der Waals surface area contributed by atoms with Gasteiger partial charge in [-0.2, -0.15) is 4.98 Å². The van der Waals surface area contributed by atoms with Gasteiger partial charge < -0.3 is 26.0 Å². The third-order valence-corrected chi connectivity index (χ3v) is 8.85. The molecule has 6 rings (SSSR count). The summed E-state index contributed by atoms with van der Waals surface area (Å²) in [7, 11) is 0. The van der Waals surface area contributed by atoms with Crippen LogP contribution in [0.5, 0.6) is 5.75 Å². The van der Waals surface area contributed by atoms with Gasteiger partial charge in [-0.05, 0) is 62.3 Å². The highest BCUT2D eigenvalue weighted by Crippen LogP contribution is 2.51. The molecule has 4 aliphatic rings. The van der Waals surface area contributed by atoms with Crippen LogP contribution in [0.1, 0.15) is 19.4 Å². The molecular weight excluding hydrogens is 548 g/mol. The van der Waals surface area contributed by atoms with Gasteiger partial charge in [0.1, 0.15) is 18.2 Å². The molecule has 3 aliphatic heterocycles. The molecule has 1 aliphatic carbocycles. The summed E-state index contributed by atoms with van der Waals surface area (Å²) in [6.45, 7) is 8.53. The largest absolute Gasteiger partial charge is 0.492 e. The van der Waals surface area contributed by atoms with Gasteiger partial charge in [-0.15, -0.1) is 12.4 Å². The molecule has 1 aromatic carbocycles. The van der Waals surface area contributed by atoms with Crippen LogP contribution in [0.3, 0.4) is 0 Å². The smallest absolute Gasteiger partial charge is 0.354 e. The standard InChI is InChI=1S/C28H38N8O4.ClH/c1-28(2,30)25(37)33-7-9-34(10-8-33)26(38)31-24-5-6-36(27(39)32-24)18-4-3-17-11-19(16-40-23(17)12-18)35-14-21-20(13-29)22(21)15-35;/h3-6,12,19-22H,7-11,13-16,29-30H2,1-2H3,(H,31,32,38,39);1H. The van der Waals surface area contributed by atoms with E-state index in [9.17, 15) is 14.4 Å². The van der Waals surface area contributed by atoms with Crippen LogP contribution in [0.4, 0.5) is 10.6 Å². The second-order valence-corrected chi connectivity index (χ2v) is 12.0. The number of urea groups is 1. The minimum Gasteiger partial charge on any atom is -0.492 e. The first-order valence-corrected chi connectivity index (χ1v) is 14.1. The number of ether oxygens (including phenoxy) is 1. The van der Waals surface area contributed by atoms with Gasteiger partial charge in [0.2, 0.25) is 5.91 Å². The van der Waals surface area contributed by atoms with E-state index in [0.717, 1.165) is 49.2 Å². The molecule has 41 heavy (non-hydrogen) atoms. The SMILES string of the molecule is CC(C)(N)C(=O)N1CCN(C(=O)Nc2ccn(-c3ccc4c(c3)OCC(N3CC5C(CN)C5C3)C4)c(=O)n2)CC1.Cl. The summed E-state index contributed by atoms with van der Waals surface area (Å²) < 4.78 is 7.58. The fourth-order valence-corrected chi connectivity index (χ4v) is 6.44. The van der Waals surface area contributed by atoms with Gasteiger partial charge in [0.25, 0.3) is 0 Å². The van der Waals surface area contributed by atoms with Crippen molar-refractivity contribution in [2.75, 3.05) is 57.7 Å². The zero-order valence-corrected chi connectivity index (χ0v) is 24.3. The monoisotopic (exact) mass is 586 g/mol. The molecule has 0 spiro atoms. The number of nitrogens with zero attached hydrogens (tertiary/aromatic N) is 5. The molecule has 1 aromatic heterocycles.